The molecular weight excluding hydrogens is 340 g/mol. The van der Waals surface area contributed by atoms with Gasteiger partial charge in [-0.15, -0.1) is 10.2 Å². The number of aryl methyl sites for hydroxylation is 2. The van der Waals surface area contributed by atoms with Gasteiger partial charge < -0.3 is 9.40 Å². The van der Waals surface area contributed by atoms with E-state index >= 15 is 0 Å². The van der Waals surface area contributed by atoms with Crippen molar-refractivity contribution in [2.75, 3.05) is 4.72 Å². The maximum atomic E-state index is 13.0. The van der Waals surface area contributed by atoms with E-state index < -0.39 is 10.0 Å². The SMILES string of the molecule is Cc1[nH]c(C)c(S(=O)(=O)Nc2ccccc2)c1-c1nnc(C2CC2)o1. The Morgan fingerprint density at radius 2 is 1.84 bits per heavy atom. The summed E-state index contributed by atoms with van der Waals surface area (Å²) in [5, 5.41) is 8.14. The van der Waals surface area contributed by atoms with Gasteiger partial charge in [-0.25, -0.2) is 8.42 Å². The van der Waals surface area contributed by atoms with Crippen molar-refractivity contribution in [1.82, 2.24) is 15.2 Å². The van der Waals surface area contributed by atoms with Crippen LogP contribution < -0.4 is 4.72 Å². The van der Waals surface area contributed by atoms with Crippen LogP contribution in [-0.2, 0) is 10.0 Å². The Kier molecular flexibility index (Phi) is 3.64. The van der Waals surface area contributed by atoms with Gasteiger partial charge in [-0.2, -0.15) is 0 Å². The first-order valence-corrected chi connectivity index (χ1v) is 9.55. The van der Waals surface area contributed by atoms with Gasteiger partial charge in [0, 0.05) is 23.0 Å². The minimum absolute atomic E-state index is 0.139. The van der Waals surface area contributed by atoms with Gasteiger partial charge in [0.1, 0.15) is 4.90 Å². The molecule has 1 aliphatic rings. The van der Waals surface area contributed by atoms with Crippen LogP contribution in [0.1, 0.15) is 36.0 Å². The third kappa shape index (κ3) is 2.93. The zero-order valence-corrected chi connectivity index (χ0v) is 14.7. The lowest BCUT2D eigenvalue weighted by Gasteiger charge is -2.09. The lowest BCUT2D eigenvalue weighted by Crippen LogP contribution is -2.14. The first-order valence-electron chi connectivity index (χ1n) is 8.06. The summed E-state index contributed by atoms with van der Waals surface area (Å²) in [7, 11) is -3.81. The third-order valence-corrected chi connectivity index (χ3v) is 5.75. The first kappa shape index (κ1) is 15.9. The summed E-state index contributed by atoms with van der Waals surface area (Å²) >= 11 is 0. The second-order valence-corrected chi connectivity index (χ2v) is 7.89. The molecule has 8 heteroatoms. The molecule has 7 nitrogen and oxygen atoms in total. The largest absolute Gasteiger partial charge is 0.420 e. The van der Waals surface area contributed by atoms with Crippen molar-refractivity contribution in [3.63, 3.8) is 0 Å². The molecule has 2 N–H and O–H groups in total. The highest BCUT2D eigenvalue weighted by Gasteiger charge is 2.33. The summed E-state index contributed by atoms with van der Waals surface area (Å²) in [5.41, 5.74) is 2.13. The van der Waals surface area contributed by atoms with Crippen LogP contribution >= 0.6 is 0 Å². The van der Waals surface area contributed by atoms with Gasteiger partial charge in [-0.05, 0) is 38.8 Å². The lowest BCUT2D eigenvalue weighted by atomic mass is 10.2. The summed E-state index contributed by atoms with van der Waals surface area (Å²) < 4.78 is 34.3. The number of aromatic nitrogens is 3. The van der Waals surface area contributed by atoms with E-state index in [4.69, 9.17) is 4.42 Å². The Balaban J connectivity index is 1.78. The normalized spacial score (nSPS) is 14.6. The van der Waals surface area contributed by atoms with Crippen LogP contribution in [0.15, 0.2) is 39.6 Å². The van der Waals surface area contributed by atoms with Crippen molar-refractivity contribution < 1.29 is 12.8 Å². The van der Waals surface area contributed by atoms with E-state index in [1.807, 2.05) is 6.07 Å². The molecule has 1 fully saturated rings. The number of benzene rings is 1. The second kappa shape index (κ2) is 5.73. The molecule has 0 saturated heterocycles. The number of nitrogens with one attached hydrogen (secondary N) is 2. The molecule has 1 aromatic carbocycles. The van der Waals surface area contributed by atoms with Gasteiger partial charge >= 0.3 is 0 Å². The predicted octanol–water partition coefficient (Wildman–Crippen LogP) is 3.36. The average molecular weight is 358 g/mol. The highest BCUT2D eigenvalue weighted by atomic mass is 32.2. The highest BCUT2D eigenvalue weighted by molar-refractivity contribution is 7.93. The molecule has 4 rings (SSSR count). The average Bonchev–Trinajstić information content (AvgIpc) is 3.21. The number of aromatic amines is 1. The Morgan fingerprint density at radius 1 is 1.12 bits per heavy atom. The molecular formula is C17H18N4O3S. The van der Waals surface area contributed by atoms with Crippen molar-refractivity contribution in [3.8, 4) is 11.5 Å². The van der Waals surface area contributed by atoms with Gasteiger partial charge in [0.05, 0.1) is 5.56 Å². The van der Waals surface area contributed by atoms with Crippen molar-refractivity contribution in [2.24, 2.45) is 0 Å². The highest BCUT2D eigenvalue weighted by Crippen LogP contribution is 2.41. The molecule has 0 bridgehead atoms. The number of anilines is 1. The number of hydrogen-bond donors (Lipinski definition) is 2. The van der Waals surface area contributed by atoms with Crippen LogP contribution in [0.2, 0.25) is 0 Å². The molecule has 0 amide bonds. The molecule has 0 spiro atoms. The Bertz CT molecular complexity index is 1020. The number of H-pyrrole nitrogens is 1. The zero-order chi connectivity index (χ0) is 17.6. The molecule has 2 heterocycles. The van der Waals surface area contributed by atoms with E-state index in [0.717, 1.165) is 12.8 Å². The predicted molar refractivity (Wildman–Crippen MR) is 92.8 cm³/mol. The summed E-state index contributed by atoms with van der Waals surface area (Å²) in [6.45, 7) is 3.51. The van der Waals surface area contributed by atoms with Crippen molar-refractivity contribution in [3.05, 3.63) is 47.6 Å². The fourth-order valence-corrected chi connectivity index (χ4v) is 4.41. The minimum Gasteiger partial charge on any atom is -0.420 e. The molecule has 0 aliphatic heterocycles. The third-order valence-electron chi connectivity index (χ3n) is 4.19. The molecule has 0 radical (unpaired) electrons. The van der Waals surface area contributed by atoms with Crippen molar-refractivity contribution >= 4 is 15.7 Å². The molecule has 0 unspecified atom stereocenters. The van der Waals surface area contributed by atoms with E-state index in [9.17, 15) is 8.42 Å². The first-order chi connectivity index (χ1) is 12.0. The zero-order valence-electron chi connectivity index (χ0n) is 13.9. The van der Waals surface area contributed by atoms with Crippen molar-refractivity contribution in [2.45, 2.75) is 37.5 Å². The van der Waals surface area contributed by atoms with E-state index in [2.05, 4.69) is 19.9 Å². The number of nitrogens with zero attached hydrogens (tertiary/aromatic N) is 2. The van der Waals surface area contributed by atoms with Crippen LogP contribution in [0.5, 0.6) is 0 Å². The molecule has 25 heavy (non-hydrogen) atoms. The smallest absolute Gasteiger partial charge is 0.264 e. The standard InChI is InChI=1S/C17H18N4O3S/c1-10-14(17-20-19-16(24-17)12-8-9-12)15(11(2)18-10)25(22,23)21-13-6-4-3-5-7-13/h3-7,12,18,21H,8-9H2,1-2H3. The molecule has 1 aliphatic carbocycles. The number of hydrogen-bond acceptors (Lipinski definition) is 5. The summed E-state index contributed by atoms with van der Waals surface area (Å²) in [6.07, 6.45) is 2.07. The fourth-order valence-electron chi connectivity index (χ4n) is 2.89. The van der Waals surface area contributed by atoms with Crippen molar-refractivity contribution in [1.29, 1.82) is 0 Å². The van der Waals surface area contributed by atoms with Crippen LogP contribution in [0.25, 0.3) is 11.5 Å². The Labute approximate surface area is 145 Å². The summed E-state index contributed by atoms with van der Waals surface area (Å²) in [6, 6.07) is 8.77. The summed E-state index contributed by atoms with van der Waals surface area (Å²) in [4.78, 5) is 3.21. The lowest BCUT2D eigenvalue weighted by molar-refractivity contribution is 0.507. The molecule has 2 aromatic heterocycles. The molecule has 3 aromatic rings. The molecule has 0 atom stereocenters. The molecule has 1 saturated carbocycles. The topological polar surface area (TPSA) is 101 Å². The maximum Gasteiger partial charge on any atom is 0.264 e. The minimum atomic E-state index is -3.81. The number of sulfonamides is 1. The van der Waals surface area contributed by atoms with Gasteiger partial charge in [0.15, 0.2) is 0 Å². The maximum absolute atomic E-state index is 13.0. The quantitative estimate of drug-likeness (QED) is 0.728. The van der Waals surface area contributed by atoms with E-state index in [1.54, 1.807) is 38.1 Å². The fraction of sp³-hybridized carbons (Fsp3) is 0.294. The molecule has 130 valence electrons. The van der Waals surface area contributed by atoms with Crippen LogP contribution in [0.3, 0.4) is 0 Å². The van der Waals surface area contributed by atoms with Gasteiger partial charge in [-0.3, -0.25) is 4.72 Å². The Morgan fingerprint density at radius 3 is 2.52 bits per heavy atom. The van der Waals surface area contributed by atoms with E-state index in [0.29, 0.717) is 34.4 Å². The number of rotatable bonds is 5. The van der Waals surface area contributed by atoms with E-state index in [1.165, 1.54) is 0 Å². The van der Waals surface area contributed by atoms with Gasteiger partial charge in [-0.1, -0.05) is 18.2 Å². The van der Waals surface area contributed by atoms with Crippen LogP contribution in [0, 0.1) is 13.8 Å². The number of para-hydroxylation sites is 1. The van der Waals surface area contributed by atoms with Gasteiger partial charge in [0.25, 0.3) is 15.9 Å². The second-order valence-electron chi connectivity index (χ2n) is 6.27. The van der Waals surface area contributed by atoms with Crippen LogP contribution in [-0.4, -0.2) is 23.6 Å². The van der Waals surface area contributed by atoms with Crippen LogP contribution in [0.4, 0.5) is 5.69 Å². The summed E-state index contributed by atoms with van der Waals surface area (Å²) in [5.74, 6) is 1.12. The monoisotopic (exact) mass is 358 g/mol. The van der Waals surface area contributed by atoms with E-state index in [-0.39, 0.29) is 10.8 Å². The Hall–Kier alpha value is -2.61. The van der Waals surface area contributed by atoms with Gasteiger partial charge in [0.2, 0.25) is 5.89 Å².